The van der Waals surface area contributed by atoms with E-state index in [1.54, 1.807) is 4.57 Å². The second-order valence-corrected chi connectivity index (χ2v) is 9.01. The predicted octanol–water partition coefficient (Wildman–Crippen LogP) is 2.91. The summed E-state index contributed by atoms with van der Waals surface area (Å²) in [5, 5.41) is 26.7. The van der Waals surface area contributed by atoms with Gasteiger partial charge in [-0.15, -0.1) is 0 Å². The molecule has 3 heterocycles. The third-order valence-corrected chi connectivity index (χ3v) is 7.01. The number of hydrogen-bond donors (Lipinski definition) is 4. The molecular weight excluding hydrogens is 446 g/mol. The van der Waals surface area contributed by atoms with Gasteiger partial charge >= 0.3 is 0 Å². The number of nitrogens with two attached hydrogens (primary N) is 1. The first-order valence-electron chi connectivity index (χ1n) is 11.4. The summed E-state index contributed by atoms with van der Waals surface area (Å²) in [5.41, 5.74) is 6.62. The molecule has 1 aliphatic heterocycles. The van der Waals surface area contributed by atoms with E-state index in [9.17, 15) is 15.0 Å². The Labute approximate surface area is 197 Å². The van der Waals surface area contributed by atoms with E-state index < -0.39 is 24.0 Å². The number of aliphatic hydroxyl groups excluding tert-OH is 2. The highest BCUT2D eigenvalue weighted by Gasteiger charge is 2.37. The van der Waals surface area contributed by atoms with Crippen LogP contribution in [0, 0.1) is 0 Å². The number of anilines is 1. The normalized spacial score (nSPS) is 20.7. The molecule has 7 rings (SSSR count). The van der Waals surface area contributed by atoms with Crippen LogP contribution in [0.4, 0.5) is 5.95 Å². The molecule has 3 unspecified atom stereocenters. The second kappa shape index (κ2) is 7.22. The summed E-state index contributed by atoms with van der Waals surface area (Å²) in [6.07, 6.45) is -2.08. The topological polar surface area (TPSA) is 139 Å². The van der Waals surface area contributed by atoms with Crippen LogP contribution in [-0.4, -0.2) is 48.5 Å². The average Bonchev–Trinajstić information content (AvgIpc) is 3.42. The molecule has 0 saturated carbocycles. The maximum Gasteiger partial charge on any atom is 0.280 e. The van der Waals surface area contributed by atoms with E-state index in [-0.39, 0.29) is 30.1 Å². The number of rotatable bonds is 3. The summed E-state index contributed by atoms with van der Waals surface area (Å²) in [7, 11) is 0. The standard InChI is InChI=1S/C26H21N5O4/c27-26-29-24-22(25(34)30-26)28-23(31(24)19-10-17(33)18(11-32)35-19)16-9-7-14-5-4-12-2-1-3-13-6-8-15(16)21(14)20(12)13/h1-9,17-19,32-33H,10-11H2,(H3,27,29,30,34). The summed E-state index contributed by atoms with van der Waals surface area (Å²) in [5.74, 6) is 0.445. The highest BCUT2D eigenvalue weighted by atomic mass is 16.5. The minimum absolute atomic E-state index is 0.0390. The van der Waals surface area contributed by atoms with Crippen molar-refractivity contribution in [2.75, 3.05) is 12.3 Å². The molecule has 4 aromatic carbocycles. The summed E-state index contributed by atoms with van der Waals surface area (Å²) in [6.45, 7) is -0.325. The molecule has 5 N–H and O–H groups in total. The Kier molecular flexibility index (Phi) is 4.20. The Balaban J connectivity index is 1.57. The van der Waals surface area contributed by atoms with Crippen LogP contribution in [0.5, 0.6) is 0 Å². The van der Waals surface area contributed by atoms with Gasteiger partial charge in [-0.3, -0.25) is 14.3 Å². The van der Waals surface area contributed by atoms with Crippen molar-refractivity contribution in [2.24, 2.45) is 0 Å². The van der Waals surface area contributed by atoms with Crippen molar-refractivity contribution in [1.82, 2.24) is 19.5 Å². The number of nitrogens with zero attached hydrogens (tertiary/aromatic N) is 3. The zero-order valence-corrected chi connectivity index (χ0v) is 18.5. The molecule has 1 fully saturated rings. The molecule has 35 heavy (non-hydrogen) atoms. The first-order valence-corrected chi connectivity index (χ1v) is 11.4. The van der Waals surface area contributed by atoms with Gasteiger partial charge in [-0.05, 0) is 32.3 Å². The van der Waals surface area contributed by atoms with Gasteiger partial charge in [-0.25, -0.2) is 4.98 Å². The summed E-state index contributed by atoms with van der Waals surface area (Å²) >= 11 is 0. The monoisotopic (exact) mass is 467 g/mol. The maximum atomic E-state index is 12.8. The van der Waals surface area contributed by atoms with Gasteiger partial charge < -0.3 is 20.7 Å². The minimum Gasteiger partial charge on any atom is -0.394 e. The lowest BCUT2D eigenvalue weighted by Crippen LogP contribution is -2.24. The van der Waals surface area contributed by atoms with E-state index in [2.05, 4.69) is 46.4 Å². The molecule has 0 aliphatic carbocycles. The zero-order valence-electron chi connectivity index (χ0n) is 18.5. The summed E-state index contributed by atoms with van der Waals surface area (Å²) in [6, 6.07) is 18.6. The van der Waals surface area contributed by atoms with E-state index >= 15 is 0 Å². The first kappa shape index (κ1) is 20.3. The molecule has 1 saturated heterocycles. The average molecular weight is 467 g/mol. The maximum absolute atomic E-state index is 12.8. The predicted molar refractivity (Wildman–Crippen MR) is 133 cm³/mol. The summed E-state index contributed by atoms with van der Waals surface area (Å²) in [4.78, 5) is 24.3. The van der Waals surface area contributed by atoms with Crippen molar-refractivity contribution >= 4 is 49.4 Å². The van der Waals surface area contributed by atoms with Gasteiger partial charge in [0.1, 0.15) is 18.2 Å². The van der Waals surface area contributed by atoms with Gasteiger partial charge in [0.05, 0.1) is 12.7 Å². The van der Waals surface area contributed by atoms with Crippen molar-refractivity contribution in [3.63, 3.8) is 0 Å². The van der Waals surface area contributed by atoms with Gasteiger partial charge in [-0.2, -0.15) is 4.98 Å². The SMILES string of the molecule is Nc1nc2c(nc(-c3ccc4ccc5cccc6ccc3c4c56)n2C2CC(O)C(CO)O2)c(=O)[nH]1. The van der Waals surface area contributed by atoms with Crippen LogP contribution < -0.4 is 11.3 Å². The van der Waals surface area contributed by atoms with Crippen molar-refractivity contribution in [3.05, 3.63) is 65.0 Å². The largest absolute Gasteiger partial charge is 0.394 e. The fourth-order valence-corrected chi connectivity index (χ4v) is 5.43. The van der Waals surface area contributed by atoms with Gasteiger partial charge in [-0.1, -0.05) is 54.6 Å². The van der Waals surface area contributed by atoms with Gasteiger partial charge in [0.15, 0.2) is 11.2 Å². The number of imidazole rings is 1. The van der Waals surface area contributed by atoms with Crippen LogP contribution >= 0.6 is 0 Å². The van der Waals surface area contributed by atoms with Gasteiger partial charge in [0, 0.05) is 12.0 Å². The Hall–Kier alpha value is -4.05. The van der Waals surface area contributed by atoms with Crippen molar-refractivity contribution in [2.45, 2.75) is 24.9 Å². The Morgan fingerprint density at radius 1 is 1.03 bits per heavy atom. The quantitative estimate of drug-likeness (QED) is 0.294. The summed E-state index contributed by atoms with van der Waals surface area (Å²) < 4.78 is 7.69. The molecule has 9 heteroatoms. The van der Waals surface area contributed by atoms with E-state index in [1.165, 1.54) is 5.39 Å². The molecule has 174 valence electrons. The van der Waals surface area contributed by atoms with Crippen molar-refractivity contribution < 1.29 is 14.9 Å². The van der Waals surface area contributed by atoms with E-state index in [0.29, 0.717) is 5.82 Å². The molecule has 1 aliphatic rings. The number of aliphatic hydroxyl groups is 2. The van der Waals surface area contributed by atoms with Crippen LogP contribution in [0.1, 0.15) is 12.6 Å². The highest BCUT2D eigenvalue weighted by Crippen LogP contribution is 2.41. The number of nitrogens with one attached hydrogen (secondary N) is 1. The smallest absolute Gasteiger partial charge is 0.280 e. The van der Waals surface area contributed by atoms with Crippen LogP contribution in [0.3, 0.4) is 0 Å². The molecule has 0 spiro atoms. The number of hydrogen-bond acceptors (Lipinski definition) is 7. The van der Waals surface area contributed by atoms with Crippen LogP contribution in [0.15, 0.2) is 59.4 Å². The molecule has 6 aromatic rings. The Bertz CT molecular complexity index is 1810. The number of H-pyrrole nitrogens is 1. The fraction of sp³-hybridized carbons (Fsp3) is 0.192. The van der Waals surface area contributed by atoms with E-state index in [1.807, 2.05) is 18.2 Å². The lowest BCUT2D eigenvalue weighted by atomic mass is 9.92. The molecule has 0 amide bonds. The third-order valence-electron chi connectivity index (χ3n) is 7.01. The number of fused-ring (bicyclic) bond motifs is 1. The minimum atomic E-state index is -0.865. The fourth-order valence-electron chi connectivity index (χ4n) is 5.43. The Morgan fingerprint density at radius 3 is 2.49 bits per heavy atom. The van der Waals surface area contributed by atoms with E-state index in [4.69, 9.17) is 15.5 Å². The van der Waals surface area contributed by atoms with Gasteiger partial charge in [0.25, 0.3) is 5.56 Å². The Morgan fingerprint density at radius 2 is 1.74 bits per heavy atom. The lowest BCUT2D eigenvalue weighted by molar-refractivity contribution is -0.0426. The number of benzene rings is 4. The number of aromatic amines is 1. The van der Waals surface area contributed by atoms with Crippen molar-refractivity contribution in [1.29, 1.82) is 0 Å². The van der Waals surface area contributed by atoms with Gasteiger partial charge in [0.2, 0.25) is 5.95 Å². The third kappa shape index (κ3) is 2.83. The van der Waals surface area contributed by atoms with Crippen molar-refractivity contribution in [3.8, 4) is 11.4 Å². The van der Waals surface area contributed by atoms with E-state index in [0.717, 1.165) is 32.5 Å². The highest BCUT2D eigenvalue weighted by molar-refractivity contribution is 6.25. The molecule has 3 atom stereocenters. The van der Waals surface area contributed by atoms with Crippen LogP contribution in [0.2, 0.25) is 0 Å². The molecule has 0 bridgehead atoms. The molecule has 0 radical (unpaired) electrons. The lowest BCUT2D eigenvalue weighted by Gasteiger charge is -2.18. The second-order valence-electron chi connectivity index (χ2n) is 9.01. The first-order chi connectivity index (χ1) is 17.0. The number of ether oxygens (including phenoxy) is 1. The zero-order chi connectivity index (χ0) is 23.8. The number of nitrogen functional groups attached to an aromatic ring is 1. The van der Waals surface area contributed by atoms with Crippen LogP contribution in [-0.2, 0) is 4.74 Å². The van der Waals surface area contributed by atoms with Crippen LogP contribution in [0.25, 0.3) is 54.9 Å². The molecular formula is C26H21N5O4. The number of aromatic nitrogens is 4. The molecule has 9 nitrogen and oxygen atoms in total. The molecule has 2 aromatic heterocycles.